The van der Waals surface area contributed by atoms with Crippen molar-refractivity contribution >= 4 is 17.3 Å². The van der Waals surface area contributed by atoms with E-state index in [-0.39, 0.29) is 0 Å². The van der Waals surface area contributed by atoms with Crippen molar-refractivity contribution < 1.29 is 9.47 Å². The number of nitrogens with one attached hydrogen (secondary N) is 2. The van der Waals surface area contributed by atoms with E-state index in [1.54, 1.807) is 6.20 Å². The Kier molecular flexibility index (Phi) is 7.37. The first-order chi connectivity index (χ1) is 17.3. The topological polar surface area (TPSA) is 95.3 Å². The molecule has 2 aliphatic heterocycles. The van der Waals surface area contributed by atoms with E-state index in [0.29, 0.717) is 29.8 Å². The average Bonchev–Trinajstić information content (AvgIpc) is 2.93. The molecule has 2 saturated heterocycles. The predicted molar refractivity (Wildman–Crippen MR) is 136 cm³/mol. The molecule has 3 aromatic rings. The van der Waals surface area contributed by atoms with Crippen molar-refractivity contribution in [3.8, 4) is 23.1 Å². The molecule has 2 aliphatic rings. The first-order valence-electron chi connectivity index (χ1n) is 12.2. The minimum absolute atomic E-state index is 0.480. The second kappa shape index (κ2) is 11.2. The fraction of sp³-hybridized carbons (Fsp3) is 0.370. The lowest BCUT2D eigenvalue weighted by atomic mass is 10.0. The Morgan fingerprint density at radius 3 is 2.77 bits per heavy atom. The van der Waals surface area contributed by atoms with Crippen LogP contribution >= 0.6 is 0 Å². The number of ether oxygens (including phenoxy) is 2. The molecule has 35 heavy (non-hydrogen) atoms. The molecule has 1 aromatic heterocycles. The molecule has 1 atom stereocenters. The highest BCUT2D eigenvalue weighted by Gasteiger charge is 2.15. The highest BCUT2D eigenvalue weighted by Crippen LogP contribution is 2.27. The van der Waals surface area contributed by atoms with Crippen molar-refractivity contribution in [1.29, 1.82) is 5.26 Å². The van der Waals surface area contributed by atoms with Gasteiger partial charge in [0.25, 0.3) is 0 Å². The van der Waals surface area contributed by atoms with Crippen LogP contribution in [0.3, 0.4) is 0 Å². The van der Waals surface area contributed by atoms with Crippen molar-refractivity contribution in [2.75, 3.05) is 56.2 Å². The third-order valence-corrected chi connectivity index (χ3v) is 6.42. The summed E-state index contributed by atoms with van der Waals surface area (Å²) < 4.78 is 11.4. The Labute approximate surface area is 205 Å². The standard InChI is InChI=1S/C27H30N6O2/c28-17-22-16-21(3-8-26(22)35-19-20-2-1-10-29-18-20)25-9-11-30-27(32-25)31-23-4-6-24(7-5-23)33-12-14-34-15-13-33/h3-9,11,16,20,29H,1-2,10,12-15,18-19H2,(H,30,31,32). The fourth-order valence-corrected chi connectivity index (χ4v) is 4.46. The minimum atomic E-state index is 0.480. The predicted octanol–water partition coefficient (Wildman–Crippen LogP) is 3.97. The Balaban J connectivity index is 1.26. The summed E-state index contributed by atoms with van der Waals surface area (Å²) in [6, 6.07) is 18.0. The summed E-state index contributed by atoms with van der Waals surface area (Å²) >= 11 is 0. The van der Waals surface area contributed by atoms with Crippen LogP contribution in [0.15, 0.2) is 54.7 Å². The van der Waals surface area contributed by atoms with Crippen LogP contribution < -0.4 is 20.3 Å². The summed E-state index contributed by atoms with van der Waals surface area (Å²) in [6.45, 7) is 6.00. The largest absolute Gasteiger partial charge is 0.492 e. The Hall–Kier alpha value is -3.67. The average molecular weight is 471 g/mol. The molecule has 0 aliphatic carbocycles. The molecule has 180 valence electrons. The van der Waals surface area contributed by atoms with Crippen LogP contribution in [0.2, 0.25) is 0 Å². The van der Waals surface area contributed by atoms with E-state index in [1.165, 1.54) is 12.1 Å². The van der Waals surface area contributed by atoms with Gasteiger partial charge in [-0.3, -0.25) is 0 Å². The van der Waals surface area contributed by atoms with E-state index in [0.717, 1.165) is 62.8 Å². The van der Waals surface area contributed by atoms with Gasteiger partial charge in [0.2, 0.25) is 5.95 Å². The number of anilines is 3. The molecule has 8 nitrogen and oxygen atoms in total. The number of hydrogen-bond acceptors (Lipinski definition) is 8. The van der Waals surface area contributed by atoms with Gasteiger partial charge in [-0.2, -0.15) is 5.26 Å². The number of benzene rings is 2. The third-order valence-electron chi connectivity index (χ3n) is 6.42. The number of aromatic nitrogens is 2. The molecule has 8 heteroatoms. The normalized spacial score (nSPS) is 18.0. The molecule has 3 heterocycles. The van der Waals surface area contributed by atoms with Crippen LogP contribution in [-0.2, 0) is 4.74 Å². The van der Waals surface area contributed by atoms with E-state index in [2.05, 4.69) is 43.7 Å². The zero-order chi connectivity index (χ0) is 23.9. The Morgan fingerprint density at radius 1 is 1.14 bits per heavy atom. The third kappa shape index (κ3) is 5.88. The summed E-state index contributed by atoms with van der Waals surface area (Å²) in [5.74, 6) is 1.60. The summed E-state index contributed by atoms with van der Waals surface area (Å²) in [4.78, 5) is 11.4. The summed E-state index contributed by atoms with van der Waals surface area (Å²) in [5, 5.41) is 16.4. The molecule has 2 aromatic carbocycles. The van der Waals surface area contributed by atoms with Crippen molar-refractivity contribution in [2.45, 2.75) is 12.8 Å². The summed E-state index contributed by atoms with van der Waals surface area (Å²) in [5.41, 5.74) is 4.20. The lowest BCUT2D eigenvalue weighted by Crippen LogP contribution is -2.36. The highest BCUT2D eigenvalue weighted by molar-refractivity contribution is 5.66. The molecule has 0 radical (unpaired) electrons. The van der Waals surface area contributed by atoms with E-state index in [9.17, 15) is 5.26 Å². The smallest absolute Gasteiger partial charge is 0.227 e. The summed E-state index contributed by atoms with van der Waals surface area (Å²) in [6.07, 6.45) is 4.04. The number of nitrogens with zero attached hydrogens (tertiary/aromatic N) is 4. The second-order valence-corrected chi connectivity index (χ2v) is 8.88. The number of piperidine rings is 1. The van der Waals surface area contributed by atoms with E-state index in [1.807, 2.05) is 36.4 Å². The van der Waals surface area contributed by atoms with Gasteiger partial charge < -0.3 is 25.0 Å². The van der Waals surface area contributed by atoms with Crippen LogP contribution in [0.5, 0.6) is 5.75 Å². The molecule has 0 bridgehead atoms. The highest BCUT2D eigenvalue weighted by atomic mass is 16.5. The van der Waals surface area contributed by atoms with Crippen LogP contribution in [0.4, 0.5) is 17.3 Å². The van der Waals surface area contributed by atoms with Crippen LogP contribution in [0.25, 0.3) is 11.3 Å². The number of morpholine rings is 1. The maximum absolute atomic E-state index is 9.69. The van der Waals surface area contributed by atoms with E-state index in [4.69, 9.17) is 9.47 Å². The lowest BCUT2D eigenvalue weighted by molar-refractivity contribution is 0.122. The molecule has 0 saturated carbocycles. The van der Waals surface area contributed by atoms with Crippen molar-refractivity contribution in [3.63, 3.8) is 0 Å². The van der Waals surface area contributed by atoms with Gasteiger partial charge >= 0.3 is 0 Å². The van der Waals surface area contributed by atoms with Gasteiger partial charge in [0.1, 0.15) is 11.8 Å². The minimum Gasteiger partial charge on any atom is -0.492 e. The van der Waals surface area contributed by atoms with Crippen LogP contribution in [-0.4, -0.2) is 56.0 Å². The number of nitriles is 1. The maximum atomic E-state index is 9.69. The van der Waals surface area contributed by atoms with Gasteiger partial charge in [-0.05, 0) is 67.9 Å². The Bertz CT molecular complexity index is 1170. The number of rotatable bonds is 7. The van der Waals surface area contributed by atoms with Crippen LogP contribution in [0.1, 0.15) is 18.4 Å². The van der Waals surface area contributed by atoms with Gasteiger partial charge in [-0.25, -0.2) is 9.97 Å². The lowest BCUT2D eigenvalue weighted by Gasteiger charge is -2.28. The maximum Gasteiger partial charge on any atom is 0.227 e. The van der Waals surface area contributed by atoms with Gasteiger partial charge in [-0.1, -0.05) is 0 Å². The molecule has 5 rings (SSSR count). The van der Waals surface area contributed by atoms with Crippen LogP contribution in [0, 0.1) is 17.2 Å². The van der Waals surface area contributed by atoms with Crippen molar-refractivity contribution in [1.82, 2.24) is 15.3 Å². The van der Waals surface area contributed by atoms with Gasteiger partial charge in [0.05, 0.1) is 31.1 Å². The van der Waals surface area contributed by atoms with Gasteiger partial charge in [-0.15, -0.1) is 0 Å². The monoisotopic (exact) mass is 470 g/mol. The summed E-state index contributed by atoms with van der Waals surface area (Å²) in [7, 11) is 0. The first-order valence-corrected chi connectivity index (χ1v) is 12.2. The molecule has 1 unspecified atom stereocenters. The zero-order valence-corrected chi connectivity index (χ0v) is 19.7. The quantitative estimate of drug-likeness (QED) is 0.536. The van der Waals surface area contributed by atoms with E-state index < -0.39 is 0 Å². The Morgan fingerprint density at radius 2 is 2.00 bits per heavy atom. The number of hydrogen-bond donors (Lipinski definition) is 2. The van der Waals surface area contributed by atoms with Gasteiger partial charge in [0, 0.05) is 48.7 Å². The van der Waals surface area contributed by atoms with E-state index >= 15 is 0 Å². The van der Waals surface area contributed by atoms with Gasteiger partial charge in [0.15, 0.2) is 0 Å². The molecular weight excluding hydrogens is 440 g/mol. The first kappa shape index (κ1) is 23.1. The molecule has 0 spiro atoms. The molecule has 2 fully saturated rings. The fourth-order valence-electron chi connectivity index (χ4n) is 4.46. The van der Waals surface area contributed by atoms with Crippen molar-refractivity contribution in [3.05, 3.63) is 60.3 Å². The van der Waals surface area contributed by atoms with Crippen molar-refractivity contribution in [2.24, 2.45) is 5.92 Å². The zero-order valence-electron chi connectivity index (χ0n) is 19.7. The molecular formula is C27H30N6O2. The second-order valence-electron chi connectivity index (χ2n) is 8.88. The molecule has 0 amide bonds. The SMILES string of the molecule is N#Cc1cc(-c2ccnc(Nc3ccc(N4CCOCC4)cc3)n2)ccc1OCC1CCCNC1. The molecule has 2 N–H and O–H groups in total.